The van der Waals surface area contributed by atoms with Crippen molar-refractivity contribution in [2.75, 3.05) is 5.32 Å². The van der Waals surface area contributed by atoms with Crippen LogP contribution in [0.15, 0.2) is 73.3 Å². The van der Waals surface area contributed by atoms with Gasteiger partial charge in [-0.3, -0.25) is 4.79 Å². The monoisotopic (exact) mass is 669 g/mol. The Labute approximate surface area is 259 Å². The third-order valence-corrected chi connectivity index (χ3v) is 7.48. The Hall–Kier alpha value is -2.06. The number of aryl methyl sites for hydroxylation is 2. The van der Waals surface area contributed by atoms with E-state index in [1.54, 1.807) is 24.3 Å². The minimum absolute atomic E-state index is 0. The van der Waals surface area contributed by atoms with Crippen LogP contribution in [0.1, 0.15) is 41.3 Å². The molecule has 2 atom stereocenters. The molecule has 4 rings (SSSR count). The van der Waals surface area contributed by atoms with Gasteiger partial charge in [-0.25, -0.2) is 9.13 Å². The Balaban J connectivity index is 0.00000420. The fraction of sp³-hybridized carbons (Fsp3) is 0.241. The van der Waals surface area contributed by atoms with Crippen LogP contribution >= 0.6 is 46.4 Å². The van der Waals surface area contributed by atoms with E-state index < -0.39 is 12.1 Å². The molecule has 39 heavy (non-hydrogen) atoms. The first-order chi connectivity index (χ1) is 18.1. The first-order valence-electron chi connectivity index (χ1n) is 12.1. The van der Waals surface area contributed by atoms with Crippen LogP contribution in [0.4, 0.5) is 5.69 Å². The highest BCUT2D eigenvalue weighted by molar-refractivity contribution is 6.35. The van der Waals surface area contributed by atoms with Crippen molar-refractivity contribution in [3.05, 3.63) is 116 Å². The van der Waals surface area contributed by atoms with E-state index in [-0.39, 0.29) is 29.5 Å². The van der Waals surface area contributed by atoms with Gasteiger partial charge in [-0.05, 0) is 67.8 Å². The van der Waals surface area contributed by atoms with Crippen LogP contribution in [0.25, 0.3) is 0 Å². The number of hydrogen-bond donors (Lipinski definition) is 1. The largest absolute Gasteiger partial charge is 1.00 e. The highest BCUT2D eigenvalue weighted by atomic mass is 79.9. The molecule has 0 spiro atoms. The van der Waals surface area contributed by atoms with Gasteiger partial charge in [0.15, 0.2) is 6.04 Å². The average Bonchev–Trinajstić information content (AvgIpc) is 3.33. The molecule has 1 heterocycles. The molecular formula is C29H28BrCl4N3O2. The molecule has 0 radical (unpaired) electrons. The van der Waals surface area contributed by atoms with E-state index in [4.69, 9.17) is 51.1 Å². The molecule has 4 aromatic rings. The molecule has 0 saturated carbocycles. The molecule has 0 aliphatic rings. The molecule has 0 saturated heterocycles. The van der Waals surface area contributed by atoms with E-state index in [1.165, 1.54) is 0 Å². The zero-order chi connectivity index (χ0) is 27.4. The summed E-state index contributed by atoms with van der Waals surface area (Å²) in [4.78, 5) is 13.0. The lowest BCUT2D eigenvalue weighted by Crippen LogP contribution is -3.00. The van der Waals surface area contributed by atoms with Gasteiger partial charge >= 0.3 is 0 Å². The highest BCUT2D eigenvalue weighted by Gasteiger charge is 2.24. The van der Waals surface area contributed by atoms with Gasteiger partial charge in [0.25, 0.3) is 5.91 Å². The second-order valence-corrected chi connectivity index (χ2v) is 10.9. The molecule has 1 aromatic heterocycles. The Kier molecular flexibility index (Phi) is 11.3. The lowest BCUT2D eigenvalue weighted by atomic mass is 10.1. The number of rotatable bonds is 9. The zero-order valence-electron chi connectivity index (χ0n) is 21.6. The molecule has 0 aliphatic carbocycles. The third kappa shape index (κ3) is 8.23. The fourth-order valence-corrected chi connectivity index (χ4v) is 5.01. The van der Waals surface area contributed by atoms with Crippen LogP contribution in [-0.2, 0) is 22.7 Å². The minimum Gasteiger partial charge on any atom is -1.00 e. The average molecular weight is 672 g/mol. The molecule has 0 aliphatic heterocycles. The number of hydrogen-bond acceptors (Lipinski definition) is 2. The number of imidazole rings is 1. The van der Waals surface area contributed by atoms with E-state index in [9.17, 15) is 4.79 Å². The Bertz CT molecular complexity index is 1460. The summed E-state index contributed by atoms with van der Waals surface area (Å²) < 4.78 is 10.1. The predicted octanol–water partition coefficient (Wildman–Crippen LogP) is 5.17. The standard InChI is InChI=1S/C29H27Cl4N3O2.BrH/c1-18-4-5-19(2)27(12-18)34-29(37)20(3)36-11-10-35(17-36)15-28(24-9-8-23(31)14-26(24)33)38-16-21-6-7-22(30)13-25(21)32;/h4-14,17,20,28H,15-16H2,1-3H3;1H. The predicted molar refractivity (Wildman–Crippen MR) is 154 cm³/mol. The number of nitrogens with zero attached hydrogens (tertiary/aromatic N) is 2. The fourth-order valence-electron chi connectivity index (χ4n) is 4.02. The topological polar surface area (TPSA) is 47.1 Å². The van der Waals surface area contributed by atoms with Crippen LogP contribution in [0.2, 0.25) is 20.1 Å². The summed E-state index contributed by atoms with van der Waals surface area (Å²) in [5, 5.41) is 5.18. The van der Waals surface area contributed by atoms with Crippen molar-refractivity contribution in [2.45, 2.75) is 46.1 Å². The van der Waals surface area contributed by atoms with E-state index in [0.717, 1.165) is 27.9 Å². The number of anilines is 1. The summed E-state index contributed by atoms with van der Waals surface area (Å²) in [5.74, 6) is -0.104. The summed E-state index contributed by atoms with van der Waals surface area (Å²) in [7, 11) is 0. The first kappa shape index (κ1) is 31.5. The van der Waals surface area contributed by atoms with Gasteiger partial charge in [0.1, 0.15) is 25.0 Å². The van der Waals surface area contributed by atoms with Crippen molar-refractivity contribution >= 4 is 58.0 Å². The van der Waals surface area contributed by atoms with Crippen molar-refractivity contribution in [1.29, 1.82) is 0 Å². The summed E-state index contributed by atoms with van der Waals surface area (Å²) >= 11 is 25.1. The van der Waals surface area contributed by atoms with Gasteiger partial charge in [-0.1, -0.05) is 70.7 Å². The molecule has 10 heteroatoms. The molecule has 1 amide bonds. The van der Waals surface area contributed by atoms with Crippen LogP contribution in [-0.4, -0.2) is 10.5 Å². The number of nitrogens with one attached hydrogen (secondary N) is 1. The normalized spacial score (nSPS) is 12.5. The number of carbonyl (C=O) groups is 1. The van der Waals surface area contributed by atoms with Crippen molar-refractivity contribution < 1.29 is 31.1 Å². The maximum atomic E-state index is 13.0. The molecular weight excluding hydrogens is 644 g/mol. The molecule has 2 unspecified atom stereocenters. The van der Waals surface area contributed by atoms with Gasteiger partial charge in [-0.15, -0.1) is 0 Å². The van der Waals surface area contributed by atoms with Crippen molar-refractivity contribution in [3.63, 3.8) is 0 Å². The summed E-state index contributed by atoms with van der Waals surface area (Å²) in [6.07, 6.45) is 5.23. The van der Waals surface area contributed by atoms with E-state index in [0.29, 0.717) is 26.6 Å². The summed E-state index contributed by atoms with van der Waals surface area (Å²) in [5.41, 5.74) is 4.52. The summed E-state index contributed by atoms with van der Waals surface area (Å²) in [6, 6.07) is 16.2. The molecule has 1 N–H and O–H groups in total. The van der Waals surface area contributed by atoms with Gasteiger partial charge < -0.3 is 27.0 Å². The second kappa shape index (κ2) is 14.0. The lowest BCUT2D eigenvalue weighted by Gasteiger charge is -2.19. The van der Waals surface area contributed by atoms with Gasteiger partial charge in [-0.2, -0.15) is 0 Å². The number of amides is 1. The van der Waals surface area contributed by atoms with Gasteiger partial charge in [0.05, 0.1) is 6.61 Å². The molecule has 0 fully saturated rings. The molecule has 0 bridgehead atoms. The quantitative estimate of drug-likeness (QED) is 0.250. The molecule has 5 nitrogen and oxygen atoms in total. The van der Waals surface area contributed by atoms with Crippen molar-refractivity contribution in [1.82, 2.24) is 4.57 Å². The maximum Gasteiger partial charge on any atom is 0.269 e. The van der Waals surface area contributed by atoms with Crippen LogP contribution in [0.5, 0.6) is 0 Å². The van der Waals surface area contributed by atoms with Crippen LogP contribution in [0.3, 0.4) is 0 Å². The number of halogens is 5. The zero-order valence-corrected chi connectivity index (χ0v) is 26.2. The highest BCUT2D eigenvalue weighted by Crippen LogP contribution is 2.31. The van der Waals surface area contributed by atoms with E-state index in [1.807, 2.05) is 79.0 Å². The number of ether oxygens (including phenoxy) is 1. The van der Waals surface area contributed by atoms with E-state index in [2.05, 4.69) is 5.32 Å². The molecule has 206 valence electrons. The second-order valence-electron chi connectivity index (χ2n) is 9.24. The number of benzene rings is 3. The minimum atomic E-state index is -0.428. The maximum absolute atomic E-state index is 13.0. The van der Waals surface area contributed by atoms with Crippen LogP contribution in [0, 0.1) is 13.8 Å². The van der Waals surface area contributed by atoms with Crippen molar-refractivity contribution in [3.8, 4) is 0 Å². The Morgan fingerprint density at radius 1 is 0.974 bits per heavy atom. The Morgan fingerprint density at radius 3 is 2.36 bits per heavy atom. The summed E-state index contributed by atoms with van der Waals surface area (Å²) in [6.45, 7) is 6.54. The third-order valence-electron chi connectivity index (χ3n) is 6.33. The van der Waals surface area contributed by atoms with E-state index >= 15 is 0 Å². The number of carbonyl (C=O) groups excluding carboxylic acids is 1. The van der Waals surface area contributed by atoms with Crippen LogP contribution < -0.4 is 26.9 Å². The van der Waals surface area contributed by atoms with Gasteiger partial charge in [0.2, 0.25) is 6.33 Å². The van der Waals surface area contributed by atoms with Crippen molar-refractivity contribution in [2.24, 2.45) is 0 Å². The van der Waals surface area contributed by atoms with Gasteiger partial charge in [0, 0.05) is 31.3 Å². The lowest BCUT2D eigenvalue weighted by molar-refractivity contribution is -0.705. The number of aromatic nitrogens is 2. The SMILES string of the molecule is Cc1ccc(C)c(NC(=O)C(C)n2cc[n+](CC(OCc3ccc(Cl)cc3Cl)c3ccc(Cl)cc3Cl)c2)c1.[Br-]. The first-order valence-corrected chi connectivity index (χ1v) is 13.6. The smallest absolute Gasteiger partial charge is 0.269 e. The molecule has 3 aromatic carbocycles. The Morgan fingerprint density at radius 2 is 1.67 bits per heavy atom.